The summed E-state index contributed by atoms with van der Waals surface area (Å²) in [5, 5.41) is 50.0. The predicted octanol–water partition coefficient (Wildman–Crippen LogP) is 5.57. The number of rotatable bonds is 4. The summed E-state index contributed by atoms with van der Waals surface area (Å²) >= 11 is 0. The Morgan fingerprint density at radius 3 is 1.95 bits per heavy atom. The van der Waals surface area contributed by atoms with Crippen molar-refractivity contribution in [2.45, 2.75) is 6.61 Å². The van der Waals surface area contributed by atoms with Gasteiger partial charge in [-0.15, -0.1) is 0 Å². The Morgan fingerprint density at radius 2 is 1.32 bits per heavy atom. The van der Waals surface area contributed by atoms with Gasteiger partial charge in [0.05, 0.1) is 6.61 Å². The molecule has 0 saturated heterocycles. The number of ketones is 1. The van der Waals surface area contributed by atoms with E-state index in [0.29, 0.717) is 33.4 Å². The van der Waals surface area contributed by atoms with E-state index < -0.39 is 0 Å². The van der Waals surface area contributed by atoms with Crippen molar-refractivity contribution in [2.75, 3.05) is 0 Å². The van der Waals surface area contributed by atoms with Gasteiger partial charge >= 0.3 is 0 Å². The summed E-state index contributed by atoms with van der Waals surface area (Å²) in [6.45, 7) is -0.309. The molecule has 0 atom stereocenters. The first-order chi connectivity index (χ1) is 19.3. The van der Waals surface area contributed by atoms with Gasteiger partial charge in [-0.2, -0.15) is 0 Å². The third-order valence-electron chi connectivity index (χ3n) is 6.50. The maximum atomic E-state index is 12.0. The number of carbonyl (C=O) groups is 1. The van der Waals surface area contributed by atoms with Gasteiger partial charge in [-0.25, -0.2) is 0 Å². The van der Waals surface area contributed by atoms with E-state index in [1.165, 1.54) is 24.3 Å². The number of phenols is 4. The van der Waals surface area contributed by atoms with Crippen LogP contribution in [0.2, 0.25) is 0 Å². The smallest absolute Gasteiger partial charge is 0.178 e. The lowest BCUT2D eigenvalue weighted by molar-refractivity contribution is -0.110. The quantitative estimate of drug-likeness (QED) is 0.175. The number of hydrogen-bond acceptors (Lipinski definition) is 6. The second-order valence-corrected chi connectivity index (χ2v) is 9.13. The molecule has 5 rings (SSSR count). The van der Waals surface area contributed by atoms with Gasteiger partial charge in [-0.1, -0.05) is 60.4 Å². The first-order valence-corrected chi connectivity index (χ1v) is 12.4. The van der Waals surface area contributed by atoms with Crippen LogP contribution in [0.5, 0.6) is 23.0 Å². The second-order valence-electron chi connectivity index (χ2n) is 9.13. The fraction of sp³-hybridized carbons (Fsp3) is 0.0294. The molecule has 0 radical (unpaired) electrons. The second kappa shape index (κ2) is 11.1. The highest BCUT2D eigenvalue weighted by Gasteiger charge is 2.21. The van der Waals surface area contributed by atoms with Crippen LogP contribution >= 0.6 is 0 Å². The molecule has 0 amide bonds. The Kier molecular flexibility index (Phi) is 7.23. The lowest BCUT2D eigenvalue weighted by Gasteiger charge is -2.21. The molecule has 196 valence electrons. The molecule has 1 aliphatic rings. The average molecular weight is 529 g/mol. The van der Waals surface area contributed by atoms with Gasteiger partial charge in [-0.05, 0) is 88.0 Å². The number of hydrogen-bond donors (Lipinski definition) is 5. The van der Waals surface area contributed by atoms with Crippen LogP contribution in [-0.2, 0) is 11.4 Å². The minimum atomic E-state index is -0.309. The molecule has 0 heterocycles. The van der Waals surface area contributed by atoms with Gasteiger partial charge in [0.25, 0.3) is 0 Å². The summed E-state index contributed by atoms with van der Waals surface area (Å²) in [7, 11) is 0. The van der Waals surface area contributed by atoms with Crippen LogP contribution in [-0.4, -0.2) is 31.3 Å². The van der Waals surface area contributed by atoms with E-state index in [4.69, 9.17) is 0 Å². The van der Waals surface area contributed by atoms with Crippen LogP contribution in [0.15, 0.2) is 109 Å². The molecule has 0 unspecified atom stereocenters. The van der Waals surface area contributed by atoms with Crippen LogP contribution in [0, 0.1) is 11.8 Å². The molecule has 0 saturated carbocycles. The average Bonchev–Trinajstić information content (AvgIpc) is 2.96. The molecule has 0 aliphatic heterocycles. The number of aliphatic hydroxyl groups excluding tert-OH is 1. The molecule has 0 spiro atoms. The molecule has 0 aromatic heterocycles. The molecule has 4 aromatic carbocycles. The number of benzene rings is 4. The molecule has 1 aliphatic carbocycles. The normalized spacial score (nSPS) is 12.2. The predicted molar refractivity (Wildman–Crippen MR) is 153 cm³/mol. The van der Waals surface area contributed by atoms with Crippen LogP contribution in [0.3, 0.4) is 0 Å². The monoisotopic (exact) mass is 528 g/mol. The van der Waals surface area contributed by atoms with Crippen molar-refractivity contribution in [3.8, 4) is 46.0 Å². The Hall–Kier alpha value is -5.51. The van der Waals surface area contributed by atoms with E-state index in [0.717, 1.165) is 16.7 Å². The van der Waals surface area contributed by atoms with Crippen molar-refractivity contribution in [1.29, 1.82) is 0 Å². The Morgan fingerprint density at radius 1 is 0.675 bits per heavy atom. The molecule has 5 N–H and O–H groups in total. The SMILES string of the molecule is O=C1C=CC(=C(c2ccc(O)cc2)c2c(-c3ccc(O)cc3)ccc(CO)c2C#Cc2ccc(O)c(O)c2)C=C1. The summed E-state index contributed by atoms with van der Waals surface area (Å²) in [6, 6.07) is 21.3. The maximum Gasteiger partial charge on any atom is 0.178 e. The minimum absolute atomic E-state index is 0.0908. The molecule has 0 fully saturated rings. The van der Waals surface area contributed by atoms with Crippen molar-refractivity contribution >= 4 is 11.4 Å². The Balaban J connectivity index is 1.88. The largest absolute Gasteiger partial charge is 0.508 e. The molecular formula is C34H24O6. The highest BCUT2D eigenvalue weighted by atomic mass is 16.3. The van der Waals surface area contributed by atoms with E-state index in [1.54, 1.807) is 72.8 Å². The van der Waals surface area contributed by atoms with Crippen molar-refractivity contribution in [1.82, 2.24) is 0 Å². The molecule has 6 heteroatoms. The maximum absolute atomic E-state index is 12.0. The third-order valence-corrected chi connectivity index (χ3v) is 6.50. The summed E-state index contributed by atoms with van der Waals surface area (Å²) in [5.41, 5.74) is 5.85. The van der Waals surface area contributed by atoms with Crippen LogP contribution < -0.4 is 0 Å². The zero-order valence-electron chi connectivity index (χ0n) is 21.2. The fourth-order valence-corrected chi connectivity index (χ4v) is 4.50. The standard InChI is InChI=1S/C34H24O6/c35-20-25-9-17-29(22-3-10-26(36)11-4-22)34(30(25)16-1-21-2-18-31(39)32(40)19-21)33(23-5-12-27(37)13-6-23)24-7-14-28(38)15-8-24/h2-15,17-19,35-37,39-40H,20H2. The number of aromatic hydroxyl groups is 4. The van der Waals surface area contributed by atoms with Crippen molar-refractivity contribution < 1.29 is 30.3 Å². The van der Waals surface area contributed by atoms with Crippen LogP contribution in [0.25, 0.3) is 16.7 Å². The Labute approximate surface area is 230 Å². The highest BCUT2D eigenvalue weighted by molar-refractivity contribution is 6.04. The van der Waals surface area contributed by atoms with Gasteiger partial charge < -0.3 is 25.5 Å². The van der Waals surface area contributed by atoms with Gasteiger partial charge in [0.2, 0.25) is 0 Å². The summed E-state index contributed by atoms with van der Waals surface area (Å²) in [4.78, 5) is 12.0. The molecule has 40 heavy (non-hydrogen) atoms. The summed E-state index contributed by atoms with van der Waals surface area (Å²) < 4.78 is 0. The van der Waals surface area contributed by atoms with E-state index in [9.17, 15) is 30.3 Å². The van der Waals surface area contributed by atoms with Crippen LogP contribution in [0.1, 0.15) is 27.8 Å². The van der Waals surface area contributed by atoms with Gasteiger partial charge in [0.1, 0.15) is 11.5 Å². The van der Waals surface area contributed by atoms with E-state index >= 15 is 0 Å². The van der Waals surface area contributed by atoms with Gasteiger partial charge in [0.15, 0.2) is 17.3 Å². The number of aliphatic hydroxyl groups is 1. The number of allylic oxidation sites excluding steroid dienone is 5. The topological polar surface area (TPSA) is 118 Å². The zero-order chi connectivity index (χ0) is 28.2. The Bertz CT molecular complexity index is 1740. The number of carbonyl (C=O) groups excluding carboxylic acids is 1. The van der Waals surface area contributed by atoms with Crippen molar-refractivity contribution in [2.24, 2.45) is 0 Å². The van der Waals surface area contributed by atoms with Gasteiger partial charge in [-0.3, -0.25) is 4.79 Å². The molecule has 6 nitrogen and oxygen atoms in total. The number of phenolic OH excluding ortho intramolecular Hbond substituents is 4. The first kappa shape index (κ1) is 26.1. The molecule has 4 aromatic rings. The van der Waals surface area contributed by atoms with E-state index in [1.807, 2.05) is 6.07 Å². The molecule has 0 bridgehead atoms. The van der Waals surface area contributed by atoms with E-state index in [-0.39, 0.29) is 35.4 Å². The van der Waals surface area contributed by atoms with E-state index in [2.05, 4.69) is 11.8 Å². The lowest BCUT2D eigenvalue weighted by Crippen LogP contribution is -2.04. The fourth-order valence-electron chi connectivity index (χ4n) is 4.50. The lowest BCUT2D eigenvalue weighted by atomic mass is 9.82. The first-order valence-electron chi connectivity index (χ1n) is 12.4. The highest BCUT2D eigenvalue weighted by Crippen LogP contribution is 2.40. The molecular weight excluding hydrogens is 504 g/mol. The van der Waals surface area contributed by atoms with Crippen molar-refractivity contribution in [3.05, 3.63) is 137 Å². The summed E-state index contributed by atoms with van der Waals surface area (Å²) in [5.74, 6) is 5.69. The van der Waals surface area contributed by atoms with Crippen molar-refractivity contribution in [3.63, 3.8) is 0 Å². The summed E-state index contributed by atoms with van der Waals surface area (Å²) in [6.07, 6.45) is 6.37. The van der Waals surface area contributed by atoms with Gasteiger partial charge in [0, 0.05) is 16.7 Å². The third kappa shape index (κ3) is 5.37. The zero-order valence-corrected chi connectivity index (χ0v) is 21.2. The minimum Gasteiger partial charge on any atom is -0.508 e. The van der Waals surface area contributed by atoms with Crippen LogP contribution in [0.4, 0.5) is 0 Å².